The van der Waals surface area contributed by atoms with E-state index in [1.54, 1.807) is 13.2 Å². The number of aromatic nitrogens is 1. The third-order valence-electron chi connectivity index (χ3n) is 4.13. The molecule has 26 heavy (non-hydrogen) atoms. The Bertz CT molecular complexity index is 765. The molecule has 0 unspecified atom stereocenters. The fourth-order valence-corrected chi connectivity index (χ4v) is 2.82. The molecule has 0 aliphatic carbocycles. The molecule has 1 aliphatic rings. The largest absolute Gasteiger partial charge is 0.385 e. The van der Waals surface area contributed by atoms with Crippen molar-refractivity contribution in [1.82, 2.24) is 10.3 Å². The topological polar surface area (TPSA) is 75.7 Å². The Morgan fingerprint density at radius 3 is 2.92 bits per heavy atom. The first-order chi connectivity index (χ1) is 12.7. The zero-order valence-electron chi connectivity index (χ0n) is 14.8. The number of pyridine rings is 1. The molecule has 8 heteroatoms. The van der Waals surface area contributed by atoms with E-state index in [1.807, 2.05) is 12.1 Å². The Morgan fingerprint density at radius 2 is 2.15 bits per heavy atom. The van der Waals surface area contributed by atoms with Crippen molar-refractivity contribution in [3.63, 3.8) is 0 Å². The number of carbonyl (C=O) groups is 1. The molecule has 0 radical (unpaired) electrons. The van der Waals surface area contributed by atoms with Gasteiger partial charge < -0.3 is 25.0 Å². The number of methoxy groups -OCH3 is 1. The van der Waals surface area contributed by atoms with Gasteiger partial charge in [-0.15, -0.1) is 0 Å². The van der Waals surface area contributed by atoms with E-state index in [0.29, 0.717) is 49.4 Å². The van der Waals surface area contributed by atoms with Crippen molar-refractivity contribution in [2.45, 2.75) is 6.42 Å². The van der Waals surface area contributed by atoms with Gasteiger partial charge in [0.05, 0.1) is 13.2 Å². The fraction of sp³-hybridized carbons (Fsp3) is 0.444. The van der Waals surface area contributed by atoms with Gasteiger partial charge in [0, 0.05) is 44.4 Å². The molecule has 2 N–H and O–H groups in total. The van der Waals surface area contributed by atoms with E-state index in [4.69, 9.17) is 9.47 Å². The van der Waals surface area contributed by atoms with E-state index < -0.39 is 5.82 Å². The number of halogens is 1. The highest BCUT2D eigenvalue weighted by atomic mass is 19.1. The molecule has 140 valence electrons. The van der Waals surface area contributed by atoms with Crippen LogP contribution in [0.4, 0.5) is 20.7 Å². The average Bonchev–Trinajstić information content (AvgIpc) is 2.66. The minimum absolute atomic E-state index is 0.292. The van der Waals surface area contributed by atoms with Crippen LogP contribution in [0.5, 0.6) is 0 Å². The van der Waals surface area contributed by atoms with Crippen molar-refractivity contribution < 1.29 is 18.7 Å². The third kappa shape index (κ3) is 4.59. The Hall–Kier alpha value is -2.45. The molecule has 3 rings (SSSR count). The minimum Gasteiger partial charge on any atom is -0.385 e. The molecule has 0 atom stereocenters. The van der Waals surface area contributed by atoms with Crippen LogP contribution in [0, 0.1) is 5.82 Å². The highest BCUT2D eigenvalue weighted by Crippen LogP contribution is 2.25. The predicted octanol–water partition coefficient (Wildman–Crippen LogP) is 2.37. The smallest absolute Gasteiger partial charge is 0.319 e. The number of urea groups is 1. The molecule has 2 amide bonds. The number of ether oxygens (including phenoxy) is 2. The van der Waals surface area contributed by atoms with E-state index in [1.165, 1.54) is 6.07 Å². The number of hydrogen-bond acceptors (Lipinski definition) is 5. The molecular formula is C18H23FN4O3. The standard InChI is InChI=1S/C18H23FN4O3/c1-25-8-2-5-20-18(24)21-14-11-13-3-4-16(22-17(13)15(19)12-14)23-6-9-26-10-7-23/h3-4,11-12H,2,5-10H2,1H3,(H2,20,21,24). The zero-order valence-corrected chi connectivity index (χ0v) is 14.8. The molecule has 2 aromatic rings. The first-order valence-electron chi connectivity index (χ1n) is 8.64. The minimum atomic E-state index is -0.465. The van der Waals surface area contributed by atoms with Crippen LogP contribution in [0.15, 0.2) is 24.3 Å². The van der Waals surface area contributed by atoms with Crippen LogP contribution in [0.3, 0.4) is 0 Å². The Balaban J connectivity index is 1.70. The average molecular weight is 362 g/mol. The predicted molar refractivity (Wildman–Crippen MR) is 98.2 cm³/mol. The van der Waals surface area contributed by atoms with Crippen molar-refractivity contribution in [3.05, 3.63) is 30.1 Å². The Morgan fingerprint density at radius 1 is 1.35 bits per heavy atom. The van der Waals surface area contributed by atoms with Gasteiger partial charge in [-0.1, -0.05) is 0 Å². The van der Waals surface area contributed by atoms with E-state index in [-0.39, 0.29) is 6.03 Å². The summed E-state index contributed by atoms with van der Waals surface area (Å²) in [6, 6.07) is 6.30. The number of carbonyl (C=O) groups excluding carboxylic acids is 1. The Kier molecular flexibility index (Phi) is 6.19. The summed E-state index contributed by atoms with van der Waals surface area (Å²) in [4.78, 5) is 18.4. The number of hydrogen-bond donors (Lipinski definition) is 2. The number of morpholine rings is 1. The molecule has 1 fully saturated rings. The summed E-state index contributed by atoms with van der Waals surface area (Å²) in [6.45, 7) is 3.82. The van der Waals surface area contributed by atoms with Crippen LogP contribution in [-0.2, 0) is 9.47 Å². The number of fused-ring (bicyclic) bond motifs is 1. The maximum atomic E-state index is 14.5. The normalized spacial score (nSPS) is 14.5. The molecule has 1 saturated heterocycles. The highest BCUT2D eigenvalue weighted by Gasteiger charge is 2.14. The monoisotopic (exact) mass is 362 g/mol. The van der Waals surface area contributed by atoms with Gasteiger partial charge in [-0.05, 0) is 30.7 Å². The molecule has 0 spiro atoms. The third-order valence-corrected chi connectivity index (χ3v) is 4.13. The maximum absolute atomic E-state index is 14.5. The summed E-state index contributed by atoms with van der Waals surface area (Å²) in [5.41, 5.74) is 0.681. The van der Waals surface area contributed by atoms with Crippen molar-refractivity contribution in [2.75, 3.05) is 56.8 Å². The van der Waals surface area contributed by atoms with Gasteiger partial charge in [0.1, 0.15) is 11.3 Å². The van der Waals surface area contributed by atoms with Crippen LogP contribution in [0.25, 0.3) is 10.9 Å². The van der Waals surface area contributed by atoms with Crippen LogP contribution in [0.1, 0.15) is 6.42 Å². The van der Waals surface area contributed by atoms with Gasteiger partial charge in [0.15, 0.2) is 5.82 Å². The lowest BCUT2D eigenvalue weighted by atomic mass is 10.2. The number of nitrogens with zero attached hydrogens (tertiary/aromatic N) is 2. The van der Waals surface area contributed by atoms with Gasteiger partial charge in [-0.25, -0.2) is 14.2 Å². The van der Waals surface area contributed by atoms with Crippen LogP contribution >= 0.6 is 0 Å². The van der Waals surface area contributed by atoms with E-state index in [9.17, 15) is 9.18 Å². The number of rotatable bonds is 6. The summed E-state index contributed by atoms with van der Waals surface area (Å²) in [7, 11) is 1.61. The molecule has 2 heterocycles. The summed E-state index contributed by atoms with van der Waals surface area (Å²) in [6.07, 6.45) is 0.713. The zero-order chi connectivity index (χ0) is 18.4. The van der Waals surface area contributed by atoms with Crippen LogP contribution in [-0.4, -0.2) is 57.6 Å². The molecule has 0 saturated carbocycles. The number of benzene rings is 1. The molecule has 1 aromatic carbocycles. The second kappa shape index (κ2) is 8.77. The molecule has 0 bridgehead atoms. The second-order valence-corrected chi connectivity index (χ2v) is 6.03. The van der Waals surface area contributed by atoms with E-state index in [2.05, 4.69) is 20.5 Å². The quantitative estimate of drug-likeness (QED) is 0.772. The fourth-order valence-electron chi connectivity index (χ4n) is 2.82. The molecule has 7 nitrogen and oxygen atoms in total. The Labute approximate surface area is 151 Å². The van der Waals surface area contributed by atoms with Gasteiger partial charge in [-0.3, -0.25) is 0 Å². The summed E-state index contributed by atoms with van der Waals surface area (Å²) in [5.74, 6) is 0.267. The summed E-state index contributed by atoms with van der Waals surface area (Å²) < 4.78 is 24.8. The van der Waals surface area contributed by atoms with Crippen molar-refractivity contribution >= 4 is 28.4 Å². The van der Waals surface area contributed by atoms with Crippen LogP contribution < -0.4 is 15.5 Å². The second-order valence-electron chi connectivity index (χ2n) is 6.03. The van der Waals surface area contributed by atoms with Crippen LogP contribution in [0.2, 0.25) is 0 Å². The van der Waals surface area contributed by atoms with Crippen molar-refractivity contribution in [2.24, 2.45) is 0 Å². The SMILES string of the molecule is COCCCNC(=O)Nc1cc(F)c2nc(N3CCOCC3)ccc2c1. The number of nitrogens with one attached hydrogen (secondary N) is 2. The lowest BCUT2D eigenvalue weighted by Crippen LogP contribution is -2.36. The van der Waals surface area contributed by atoms with Gasteiger partial charge in [0.25, 0.3) is 0 Å². The first-order valence-corrected chi connectivity index (χ1v) is 8.64. The van der Waals surface area contributed by atoms with Crippen molar-refractivity contribution in [3.8, 4) is 0 Å². The lowest BCUT2D eigenvalue weighted by Gasteiger charge is -2.28. The molecule has 1 aliphatic heterocycles. The van der Waals surface area contributed by atoms with E-state index in [0.717, 1.165) is 18.9 Å². The van der Waals surface area contributed by atoms with Gasteiger partial charge >= 0.3 is 6.03 Å². The molecular weight excluding hydrogens is 339 g/mol. The van der Waals surface area contributed by atoms with E-state index >= 15 is 0 Å². The van der Waals surface area contributed by atoms with Crippen molar-refractivity contribution in [1.29, 1.82) is 0 Å². The summed E-state index contributed by atoms with van der Waals surface area (Å²) >= 11 is 0. The lowest BCUT2D eigenvalue weighted by molar-refractivity contribution is 0.122. The highest BCUT2D eigenvalue weighted by molar-refractivity contribution is 5.93. The summed E-state index contributed by atoms with van der Waals surface area (Å²) in [5, 5.41) is 5.98. The van der Waals surface area contributed by atoms with Gasteiger partial charge in [-0.2, -0.15) is 0 Å². The number of amides is 2. The first kappa shape index (κ1) is 18.3. The number of anilines is 2. The maximum Gasteiger partial charge on any atom is 0.319 e. The molecule has 1 aromatic heterocycles. The van der Waals surface area contributed by atoms with Gasteiger partial charge in [0.2, 0.25) is 0 Å².